The molecule has 0 aromatic heterocycles. The molecule has 0 fully saturated rings. The van der Waals surface area contributed by atoms with Crippen LogP contribution in [0.1, 0.15) is 32.8 Å². The van der Waals surface area contributed by atoms with Gasteiger partial charge in [0.15, 0.2) is 0 Å². The SMILES string of the molecule is CCCNc1c(COC(C)COCC)cccc1[N+](=O)[O-]. The first kappa shape index (κ1) is 17.4. The van der Waals surface area contributed by atoms with Crippen LogP contribution in [0.3, 0.4) is 0 Å². The van der Waals surface area contributed by atoms with Gasteiger partial charge in [0.1, 0.15) is 5.69 Å². The third kappa shape index (κ3) is 5.69. The Labute approximate surface area is 125 Å². The quantitative estimate of drug-likeness (QED) is 0.529. The monoisotopic (exact) mass is 296 g/mol. The minimum absolute atomic E-state index is 0.0526. The van der Waals surface area contributed by atoms with Crippen molar-refractivity contribution in [3.05, 3.63) is 33.9 Å². The number of hydrogen-bond donors (Lipinski definition) is 1. The van der Waals surface area contributed by atoms with Gasteiger partial charge in [0.05, 0.1) is 24.2 Å². The van der Waals surface area contributed by atoms with Gasteiger partial charge in [-0.3, -0.25) is 10.1 Å². The van der Waals surface area contributed by atoms with E-state index in [1.165, 1.54) is 6.07 Å². The van der Waals surface area contributed by atoms with Crippen molar-refractivity contribution >= 4 is 11.4 Å². The van der Waals surface area contributed by atoms with E-state index in [4.69, 9.17) is 9.47 Å². The molecular weight excluding hydrogens is 272 g/mol. The van der Waals surface area contributed by atoms with Crippen molar-refractivity contribution in [3.8, 4) is 0 Å². The van der Waals surface area contributed by atoms with E-state index >= 15 is 0 Å². The summed E-state index contributed by atoms with van der Waals surface area (Å²) in [5.41, 5.74) is 1.43. The van der Waals surface area contributed by atoms with Crippen molar-refractivity contribution in [1.82, 2.24) is 0 Å². The highest BCUT2D eigenvalue weighted by atomic mass is 16.6. The van der Waals surface area contributed by atoms with Crippen LogP contribution in [-0.4, -0.2) is 30.8 Å². The molecule has 21 heavy (non-hydrogen) atoms. The lowest BCUT2D eigenvalue weighted by Gasteiger charge is -2.16. The molecule has 0 amide bonds. The maximum atomic E-state index is 11.1. The number of benzene rings is 1. The summed E-state index contributed by atoms with van der Waals surface area (Å²) in [5, 5.41) is 14.2. The molecule has 1 aromatic rings. The molecule has 118 valence electrons. The summed E-state index contributed by atoms with van der Waals surface area (Å²) in [5.74, 6) is 0. The van der Waals surface area contributed by atoms with Crippen LogP contribution in [0.25, 0.3) is 0 Å². The van der Waals surface area contributed by atoms with Gasteiger partial charge in [-0.25, -0.2) is 0 Å². The molecule has 1 atom stereocenters. The van der Waals surface area contributed by atoms with Crippen LogP contribution in [-0.2, 0) is 16.1 Å². The minimum Gasteiger partial charge on any atom is -0.379 e. The van der Waals surface area contributed by atoms with E-state index in [2.05, 4.69) is 5.32 Å². The molecule has 1 N–H and O–H groups in total. The van der Waals surface area contributed by atoms with Gasteiger partial charge in [-0.2, -0.15) is 0 Å². The van der Waals surface area contributed by atoms with Crippen LogP contribution in [0.15, 0.2) is 18.2 Å². The number of anilines is 1. The summed E-state index contributed by atoms with van der Waals surface area (Å²) in [4.78, 5) is 10.8. The van der Waals surface area contributed by atoms with Gasteiger partial charge in [0, 0.05) is 24.8 Å². The standard InChI is InChI=1S/C15H24N2O4/c1-4-9-16-15-13(7-6-8-14(15)17(18)19)11-21-12(3)10-20-5-2/h6-8,12,16H,4-5,9-11H2,1-3H3. The first-order valence-corrected chi connectivity index (χ1v) is 7.29. The minimum atomic E-state index is -0.370. The lowest BCUT2D eigenvalue weighted by atomic mass is 10.1. The number of rotatable bonds is 10. The fourth-order valence-corrected chi connectivity index (χ4v) is 1.88. The van der Waals surface area contributed by atoms with Gasteiger partial charge in [-0.1, -0.05) is 19.1 Å². The Morgan fingerprint density at radius 3 is 2.76 bits per heavy atom. The highest BCUT2D eigenvalue weighted by Crippen LogP contribution is 2.29. The van der Waals surface area contributed by atoms with Crippen LogP contribution in [0.4, 0.5) is 11.4 Å². The number of nitrogens with one attached hydrogen (secondary N) is 1. The maximum absolute atomic E-state index is 11.1. The number of hydrogen-bond acceptors (Lipinski definition) is 5. The molecular formula is C15H24N2O4. The van der Waals surface area contributed by atoms with Gasteiger partial charge in [-0.05, 0) is 20.3 Å². The van der Waals surface area contributed by atoms with E-state index in [1.54, 1.807) is 6.07 Å². The fraction of sp³-hybridized carbons (Fsp3) is 0.600. The predicted molar refractivity (Wildman–Crippen MR) is 82.6 cm³/mol. The predicted octanol–water partition coefficient (Wildman–Crippen LogP) is 3.36. The second kappa shape index (κ2) is 9.31. The summed E-state index contributed by atoms with van der Waals surface area (Å²) >= 11 is 0. The zero-order chi connectivity index (χ0) is 15.7. The third-order valence-corrected chi connectivity index (χ3v) is 2.96. The zero-order valence-corrected chi connectivity index (χ0v) is 12.9. The molecule has 1 unspecified atom stereocenters. The van der Waals surface area contributed by atoms with Crippen molar-refractivity contribution in [2.45, 2.75) is 39.9 Å². The summed E-state index contributed by atoms with van der Waals surface area (Å²) in [6.45, 7) is 8.04. The lowest BCUT2D eigenvalue weighted by Crippen LogP contribution is -2.16. The van der Waals surface area contributed by atoms with E-state index in [9.17, 15) is 10.1 Å². The lowest BCUT2D eigenvalue weighted by molar-refractivity contribution is -0.384. The van der Waals surface area contributed by atoms with Gasteiger partial charge in [-0.15, -0.1) is 0 Å². The molecule has 0 saturated heterocycles. The van der Waals surface area contributed by atoms with Gasteiger partial charge in [0.25, 0.3) is 5.69 Å². The summed E-state index contributed by atoms with van der Waals surface area (Å²) in [6, 6.07) is 5.03. The maximum Gasteiger partial charge on any atom is 0.292 e. The third-order valence-electron chi connectivity index (χ3n) is 2.96. The van der Waals surface area contributed by atoms with E-state index in [0.717, 1.165) is 12.0 Å². The molecule has 0 saturated carbocycles. The molecule has 0 bridgehead atoms. The van der Waals surface area contributed by atoms with Crippen molar-refractivity contribution in [1.29, 1.82) is 0 Å². The molecule has 0 aliphatic carbocycles. The highest BCUT2D eigenvalue weighted by Gasteiger charge is 2.17. The first-order chi connectivity index (χ1) is 10.1. The summed E-state index contributed by atoms with van der Waals surface area (Å²) in [7, 11) is 0. The van der Waals surface area contributed by atoms with Crippen molar-refractivity contribution in [3.63, 3.8) is 0 Å². The van der Waals surface area contributed by atoms with Crippen LogP contribution < -0.4 is 5.32 Å². The molecule has 6 nitrogen and oxygen atoms in total. The first-order valence-electron chi connectivity index (χ1n) is 7.29. The average molecular weight is 296 g/mol. The second-order valence-corrected chi connectivity index (χ2v) is 4.78. The summed E-state index contributed by atoms with van der Waals surface area (Å²) < 4.78 is 11.0. The van der Waals surface area contributed by atoms with Crippen molar-refractivity contribution in [2.75, 3.05) is 25.1 Å². The highest BCUT2D eigenvalue weighted by molar-refractivity contribution is 5.66. The number of nitro benzene ring substituents is 1. The average Bonchev–Trinajstić information content (AvgIpc) is 2.48. The van der Waals surface area contributed by atoms with E-state index < -0.39 is 0 Å². The molecule has 0 aliphatic rings. The number of nitrogens with zero attached hydrogens (tertiary/aromatic N) is 1. The van der Waals surface area contributed by atoms with E-state index in [0.29, 0.717) is 32.1 Å². The molecule has 0 radical (unpaired) electrons. The zero-order valence-electron chi connectivity index (χ0n) is 12.9. The van der Waals surface area contributed by atoms with E-state index in [-0.39, 0.29) is 16.7 Å². The Hall–Kier alpha value is -1.66. The largest absolute Gasteiger partial charge is 0.379 e. The smallest absolute Gasteiger partial charge is 0.292 e. The van der Waals surface area contributed by atoms with Crippen LogP contribution >= 0.6 is 0 Å². The molecule has 0 spiro atoms. The topological polar surface area (TPSA) is 73.6 Å². The van der Waals surface area contributed by atoms with Gasteiger partial charge >= 0.3 is 0 Å². The fourth-order valence-electron chi connectivity index (χ4n) is 1.88. The molecule has 1 aromatic carbocycles. The van der Waals surface area contributed by atoms with E-state index in [1.807, 2.05) is 26.8 Å². The van der Waals surface area contributed by atoms with Crippen molar-refractivity contribution < 1.29 is 14.4 Å². The second-order valence-electron chi connectivity index (χ2n) is 4.78. The Balaban J connectivity index is 2.79. The molecule has 1 rings (SSSR count). The Morgan fingerprint density at radius 2 is 2.14 bits per heavy atom. The summed E-state index contributed by atoms with van der Waals surface area (Å²) in [6.07, 6.45) is 0.843. The molecule has 0 aliphatic heterocycles. The Morgan fingerprint density at radius 1 is 1.38 bits per heavy atom. The van der Waals surface area contributed by atoms with Crippen LogP contribution in [0.5, 0.6) is 0 Å². The van der Waals surface area contributed by atoms with Crippen LogP contribution in [0, 0.1) is 10.1 Å². The number of nitro groups is 1. The van der Waals surface area contributed by atoms with Gasteiger partial charge < -0.3 is 14.8 Å². The van der Waals surface area contributed by atoms with Crippen molar-refractivity contribution in [2.24, 2.45) is 0 Å². The van der Waals surface area contributed by atoms with Gasteiger partial charge in [0.2, 0.25) is 0 Å². The normalized spacial score (nSPS) is 12.1. The van der Waals surface area contributed by atoms with Crippen LogP contribution in [0.2, 0.25) is 0 Å². The number of ether oxygens (including phenoxy) is 2. The molecule has 0 heterocycles. The Kier molecular flexibility index (Phi) is 7.71. The Bertz CT molecular complexity index is 451. The molecule has 6 heteroatoms. The number of para-hydroxylation sites is 1.